The molecule has 10 nitrogen and oxygen atoms in total. The zero-order valence-corrected chi connectivity index (χ0v) is 21.2. The van der Waals surface area contributed by atoms with E-state index in [-0.39, 0.29) is 17.5 Å². The van der Waals surface area contributed by atoms with Crippen LogP contribution in [0.1, 0.15) is 25.7 Å². The first-order valence-electron chi connectivity index (χ1n) is 11.7. The number of nitrogens with zero attached hydrogens (tertiary/aromatic N) is 6. The third kappa shape index (κ3) is 4.05. The van der Waals surface area contributed by atoms with E-state index in [1.807, 2.05) is 0 Å². The highest BCUT2D eigenvalue weighted by atomic mass is 35.5. The lowest BCUT2D eigenvalue weighted by Gasteiger charge is -2.17. The molecule has 0 radical (unpaired) electrons. The van der Waals surface area contributed by atoms with Crippen LogP contribution < -0.4 is 4.90 Å². The number of nitro groups is 1. The normalized spacial score (nSPS) is 15.2. The first-order chi connectivity index (χ1) is 18.4. The Morgan fingerprint density at radius 3 is 2.24 bits per heavy atom. The van der Waals surface area contributed by atoms with Crippen LogP contribution in [0.25, 0.3) is 32.4 Å². The number of benzene rings is 2. The lowest BCUT2D eigenvalue weighted by Crippen LogP contribution is -2.31. The van der Waals surface area contributed by atoms with Crippen molar-refractivity contribution in [1.82, 2.24) is 20.4 Å². The minimum absolute atomic E-state index is 0.0142. The molecule has 2 amide bonds. The molecule has 1 aliphatic carbocycles. The number of nitro benzene ring substituents is 1. The predicted molar refractivity (Wildman–Crippen MR) is 141 cm³/mol. The van der Waals surface area contributed by atoms with Gasteiger partial charge in [-0.25, -0.2) is 4.90 Å². The molecule has 2 aliphatic rings. The third-order valence-corrected chi connectivity index (χ3v) is 7.89. The van der Waals surface area contributed by atoms with Crippen molar-refractivity contribution in [1.29, 1.82) is 0 Å². The summed E-state index contributed by atoms with van der Waals surface area (Å²) < 4.78 is 0. The van der Waals surface area contributed by atoms with Crippen molar-refractivity contribution in [3.05, 3.63) is 81.0 Å². The van der Waals surface area contributed by atoms with Crippen molar-refractivity contribution < 1.29 is 14.5 Å². The molecule has 188 valence electrons. The Morgan fingerprint density at radius 1 is 0.868 bits per heavy atom. The van der Waals surface area contributed by atoms with Crippen LogP contribution in [0.4, 0.5) is 11.4 Å². The molecule has 2 aromatic heterocycles. The summed E-state index contributed by atoms with van der Waals surface area (Å²) in [6.07, 6.45) is 4.53. The molecule has 0 fully saturated rings. The number of anilines is 1. The maximum absolute atomic E-state index is 13.1. The van der Waals surface area contributed by atoms with Crippen molar-refractivity contribution in [3.63, 3.8) is 0 Å². The van der Waals surface area contributed by atoms with Gasteiger partial charge in [-0.15, -0.1) is 15.3 Å². The van der Waals surface area contributed by atoms with E-state index >= 15 is 0 Å². The number of non-ortho nitro benzene ring substituents is 1. The molecule has 0 N–H and O–H groups in total. The first kappa shape index (κ1) is 24.0. The fourth-order valence-electron chi connectivity index (χ4n) is 4.69. The van der Waals surface area contributed by atoms with Gasteiger partial charge in [-0.05, 0) is 62.1 Å². The van der Waals surface area contributed by atoms with Gasteiger partial charge in [-0.3, -0.25) is 19.7 Å². The molecule has 2 aromatic carbocycles. The van der Waals surface area contributed by atoms with E-state index in [0.29, 0.717) is 67.1 Å². The van der Waals surface area contributed by atoms with Gasteiger partial charge in [0, 0.05) is 40.0 Å². The average molecular weight is 545 g/mol. The summed E-state index contributed by atoms with van der Waals surface area (Å²) in [5.41, 5.74) is 3.81. The summed E-state index contributed by atoms with van der Waals surface area (Å²) in [5, 5.41) is 29.3. The number of hydrogen-bond acceptors (Lipinski definition) is 9. The molecule has 38 heavy (non-hydrogen) atoms. The molecule has 3 heterocycles. The topological polar surface area (TPSA) is 132 Å². The van der Waals surface area contributed by atoms with E-state index in [4.69, 9.17) is 11.6 Å². The van der Waals surface area contributed by atoms with E-state index in [2.05, 4.69) is 20.4 Å². The Labute approximate surface area is 224 Å². The fourth-order valence-corrected chi connectivity index (χ4v) is 5.77. The summed E-state index contributed by atoms with van der Waals surface area (Å²) in [7, 11) is 0. The summed E-state index contributed by atoms with van der Waals surface area (Å²) in [4.78, 5) is 37.9. The number of rotatable bonds is 5. The smallest absolute Gasteiger partial charge is 0.269 e. The maximum atomic E-state index is 13.1. The molecule has 0 saturated carbocycles. The van der Waals surface area contributed by atoms with Gasteiger partial charge in [0.05, 0.1) is 21.8 Å². The molecule has 1 aliphatic heterocycles. The Bertz CT molecular complexity index is 1640. The lowest BCUT2D eigenvalue weighted by atomic mass is 9.93. The highest BCUT2D eigenvalue weighted by Gasteiger charge is 2.40. The minimum Gasteiger partial charge on any atom is -0.269 e. The van der Waals surface area contributed by atoms with Crippen molar-refractivity contribution in [2.24, 2.45) is 0 Å². The van der Waals surface area contributed by atoms with Gasteiger partial charge >= 0.3 is 0 Å². The highest BCUT2D eigenvalue weighted by Crippen LogP contribution is 2.41. The van der Waals surface area contributed by atoms with Crippen LogP contribution in [-0.4, -0.2) is 37.1 Å². The average Bonchev–Trinajstić information content (AvgIpc) is 3.53. The maximum Gasteiger partial charge on any atom is 0.269 e. The number of amides is 2. The van der Waals surface area contributed by atoms with Crippen molar-refractivity contribution in [2.45, 2.75) is 25.7 Å². The van der Waals surface area contributed by atoms with Gasteiger partial charge in [-0.1, -0.05) is 22.9 Å². The van der Waals surface area contributed by atoms with Crippen LogP contribution in [0.3, 0.4) is 0 Å². The number of hydrogen-bond donors (Lipinski definition) is 0. The monoisotopic (exact) mass is 544 g/mol. The van der Waals surface area contributed by atoms with E-state index in [0.717, 1.165) is 12.8 Å². The van der Waals surface area contributed by atoms with Gasteiger partial charge in [0.25, 0.3) is 17.5 Å². The molecule has 0 bridgehead atoms. The predicted octanol–water partition coefficient (Wildman–Crippen LogP) is 5.63. The van der Waals surface area contributed by atoms with Crippen LogP contribution in [0.15, 0.2) is 65.9 Å². The van der Waals surface area contributed by atoms with Gasteiger partial charge < -0.3 is 0 Å². The Kier molecular flexibility index (Phi) is 6.01. The second-order valence-corrected chi connectivity index (χ2v) is 10.2. The fraction of sp³-hybridized carbons (Fsp3) is 0.154. The van der Waals surface area contributed by atoms with Crippen LogP contribution in [0.5, 0.6) is 0 Å². The number of imide groups is 1. The Balaban J connectivity index is 1.37. The molecule has 0 atom stereocenters. The van der Waals surface area contributed by atoms with Crippen LogP contribution >= 0.6 is 22.9 Å². The van der Waals surface area contributed by atoms with Crippen molar-refractivity contribution >= 4 is 46.1 Å². The van der Waals surface area contributed by atoms with Crippen LogP contribution in [0, 0.1) is 10.1 Å². The molecule has 0 unspecified atom stereocenters. The quantitative estimate of drug-likeness (QED) is 0.179. The van der Waals surface area contributed by atoms with E-state index in [1.54, 1.807) is 36.4 Å². The summed E-state index contributed by atoms with van der Waals surface area (Å²) in [5.74, 6) is -0.566. The first-order valence-corrected chi connectivity index (χ1v) is 12.9. The largest absolute Gasteiger partial charge is 0.269 e. The number of carbonyl (C=O) groups excluding carboxylic acids is 2. The third-order valence-electron chi connectivity index (χ3n) is 6.55. The zero-order chi connectivity index (χ0) is 26.4. The molecular formula is C26H17ClN6O4S. The van der Waals surface area contributed by atoms with E-state index < -0.39 is 4.92 Å². The van der Waals surface area contributed by atoms with Crippen LogP contribution in [-0.2, 0) is 9.59 Å². The lowest BCUT2D eigenvalue weighted by molar-refractivity contribution is -0.384. The molecule has 0 saturated heterocycles. The summed E-state index contributed by atoms with van der Waals surface area (Å²) in [6, 6.07) is 12.7. The summed E-state index contributed by atoms with van der Waals surface area (Å²) in [6.45, 7) is 0. The van der Waals surface area contributed by atoms with E-state index in [9.17, 15) is 19.7 Å². The highest BCUT2D eigenvalue weighted by molar-refractivity contribution is 7.18. The summed E-state index contributed by atoms with van der Waals surface area (Å²) >= 11 is 7.86. The van der Waals surface area contributed by atoms with Gasteiger partial charge in [0.15, 0.2) is 0 Å². The molecule has 6 rings (SSSR count). The number of carbonyl (C=O) groups is 2. The van der Waals surface area contributed by atoms with Crippen molar-refractivity contribution in [2.75, 3.05) is 4.90 Å². The van der Waals surface area contributed by atoms with E-state index in [1.165, 1.54) is 34.6 Å². The minimum atomic E-state index is -0.462. The Hall–Kier alpha value is -4.35. The number of aromatic nitrogens is 4. The molecule has 4 aromatic rings. The standard InChI is InChI=1S/C26H17ClN6O4S/c27-21-10-9-16(32-25(34)17-3-1-2-4-18(17)26(32)35)13-20(21)22-19(11-12-28-29-22)24-31-30-23(38-24)14-5-7-15(8-6-14)33(36)37/h5-13H,1-4H2. The second kappa shape index (κ2) is 9.51. The molecule has 12 heteroatoms. The zero-order valence-electron chi connectivity index (χ0n) is 19.6. The van der Waals surface area contributed by atoms with Gasteiger partial charge in [-0.2, -0.15) is 5.10 Å². The number of halogens is 1. The van der Waals surface area contributed by atoms with Crippen LogP contribution in [0.2, 0.25) is 5.02 Å². The Morgan fingerprint density at radius 2 is 1.55 bits per heavy atom. The van der Waals surface area contributed by atoms with Gasteiger partial charge in [0.1, 0.15) is 15.7 Å². The SMILES string of the molecule is O=C1C2=C(CCCC2)C(=O)N1c1ccc(Cl)c(-c2nnccc2-c2nnc(-c3ccc([N+](=O)[O-])cc3)s2)c1. The molecular weight excluding hydrogens is 528 g/mol. The van der Waals surface area contributed by atoms with Crippen molar-refractivity contribution in [3.8, 4) is 32.4 Å². The second-order valence-electron chi connectivity index (χ2n) is 8.78. The molecule has 0 spiro atoms. The van der Waals surface area contributed by atoms with Gasteiger partial charge in [0.2, 0.25) is 0 Å².